The van der Waals surface area contributed by atoms with Crippen LogP contribution in [0.15, 0.2) is 0 Å². The lowest BCUT2D eigenvalue weighted by Crippen LogP contribution is -2.06. The highest BCUT2D eigenvalue weighted by atomic mass is 14.2. The van der Waals surface area contributed by atoms with Crippen LogP contribution in [0.2, 0.25) is 0 Å². The summed E-state index contributed by atoms with van der Waals surface area (Å²) in [7, 11) is 0. The molecular weight excluding hydrogens is 144 g/mol. The zero-order valence-corrected chi connectivity index (χ0v) is 8.10. The zero-order valence-electron chi connectivity index (χ0n) is 8.10. The largest absolute Gasteiger partial charge is 0.0776 e. The highest BCUT2D eigenvalue weighted by Crippen LogP contribution is 2.27. The number of rotatable bonds is 1. The third-order valence-corrected chi connectivity index (χ3v) is 3.20. The molecule has 0 aromatic heterocycles. The fourth-order valence-electron chi connectivity index (χ4n) is 2.14. The van der Waals surface area contributed by atoms with E-state index in [-0.39, 0.29) is 7.43 Å². The van der Waals surface area contributed by atoms with Gasteiger partial charge in [-0.05, 0) is 11.8 Å². The van der Waals surface area contributed by atoms with Crippen molar-refractivity contribution in [1.82, 2.24) is 0 Å². The summed E-state index contributed by atoms with van der Waals surface area (Å²) in [5.41, 5.74) is 0. The summed E-state index contributed by atoms with van der Waals surface area (Å²) in [6.45, 7) is 4.76. The van der Waals surface area contributed by atoms with E-state index in [1.807, 2.05) is 0 Å². The van der Waals surface area contributed by atoms with Crippen LogP contribution in [0.4, 0.5) is 0 Å². The molecule has 2 atom stereocenters. The monoisotopic (exact) mass is 170 g/mol. The normalized spacial score (nSPS) is 31.5. The third kappa shape index (κ3) is 4.13. The molecule has 0 spiro atoms. The zero-order chi connectivity index (χ0) is 8.10. The Balaban J connectivity index is 0.00000121. The van der Waals surface area contributed by atoms with E-state index < -0.39 is 0 Å². The predicted octanol–water partition coefficient (Wildman–Crippen LogP) is 4.64. The number of hydrogen-bond acceptors (Lipinski definition) is 0. The Morgan fingerprint density at radius 3 is 2.33 bits per heavy atom. The van der Waals surface area contributed by atoms with Gasteiger partial charge in [-0.2, -0.15) is 0 Å². The van der Waals surface area contributed by atoms with E-state index in [1.165, 1.54) is 44.9 Å². The van der Waals surface area contributed by atoms with E-state index in [4.69, 9.17) is 0 Å². The highest BCUT2D eigenvalue weighted by molar-refractivity contribution is 4.65. The average Bonchev–Trinajstić information content (AvgIpc) is 1.98. The van der Waals surface area contributed by atoms with Crippen molar-refractivity contribution in [1.29, 1.82) is 0 Å². The van der Waals surface area contributed by atoms with Crippen molar-refractivity contribution in [3.05, 3.63) is 0 Å². The van der Waals surface area contributed by atoms with Crippen LogP contribution in [-0.2, 0) is 0 Å². The molecule has 1 saturated carbocycles. The van der Waals surface area contributed by atoms with Crippen LogP contribution in [0.3, 0.4) is 0 Å². The maximum Gasteiger partial charge on any atom is -0.0417 e. The summed E-state index contributed by atoms with van der Waals surface area (Å²) in [6.07, 6.45) is 10.4. The molecular formula is C12H26. The molecule has 0 N–H and O–H groups in total. The molecule has 2 unspecified atom stereocenters. The van der Waals surface area contributed by atoms with E-state index in [9.17, 15) is 0 Å². The quantitative estimate of drug-likeness (QED) is 0.538. The third-order valence-electron chi connectivity index (χ3n) is 3.20. The minimum Gasteiger partial charge on any atom is -0.0776 e. The minimum atomic E-state index is 0. The maximum atomic E-state index is 2.41. The molecule has 0 aliphatic heterocycles. The van der Waals surface area contributed by atoms with Crippen LogP contribution < -0.4 is 0 Å². The van der Waals surface area contributed by atoms with Crippen LogP contribution in [0, 0.1) is 11.8 Å². The second-order valence-corrected chi connectivity index (χ2v) is 4.24. The Morgan fingerprint density at radius 1 is 1.00 bits per heavy atom. The summed E-state index contributed by atoms with van der Waals surface area (Å²) in [6, 6.07) is 0. The van der Waals surface area contributed by atoms with Gasteiger partial charge in [0, 0.05) is 0 Å². The predicted molar refractivity (Wildman–Crippen MR) is 57.4 cm³/mol. The fourth-order valence-corrected chi connectivity index (χ4v) is 2.14. The van der Waals surface area contributed by atoms with Crippen molar-refractivity contribution in [2.75, 3.05) is 0 Å². The second-order valence-electron chi connectivity index (χ2n) is 4.24. The SMILES string of the molecule is C.CCC1CCCCC(C)CC1. The second kappa shape index (κ2) is 6.51. The molecule has 12 heavy (non-hydrogen) atoms. The lowest BCUT2D eigenvalue weighted by Gasteiger charge is -2.21. The molecule has 0 heterocycles. The summed E-state index contributed by atoms with van der Waals surface area (Å²) in [5.74, 6) is 2.06. The van der Waals surface area contributed by atoms with Crippen molar-refractivity contribution in [3.63, 3.8) is 0 Å². The molecule has 74 valence electrons. The van der Waals surface area contributed by atoms with Gasteiger partial charge in [0.05, 0.1) is 0 Å². The van der Waals surface area contributed by atoms with Gasteiger partial charge >= 0.3 is 0 Å². The van der Waals surface area contributed by atoms with E-state index in [0.717, 1.165) is 11.8 Å². The molecule has 0 amide bonds. The van der Waals surface area contributed by atoms with Crippen molar-refractivity contribution in [3.8, 4) is 0 Å². The van der Waals surface area contributed by atoms with Gasteiger partial charge in [0.2, 0.25) is 0 Å². The molecule has 1 aliphatic rings. The van der Waals surface area contributed by atoms with Crippen molar-refractivity contribution in [2.45, 2.75) is 66.2 Å². The van der Waals surface area contributed by atoms with Crippen LogP contribution >= 0.6 is 0 Å². The lowest BCUT2D eigenvalue weighted by molar-refractivity contribution is 0.320. The molecule has 0 radical (unpaired) electrons. The molecule has 0 aromatic carbocycles. The Hall–Kier alpha value is 0. The first-order valence-electron chi connectivity index (χ1n) is 5.33. The topological polar surface area (TPSA) is 0 Å². The molecule has 0 saturated heterocycles. The van der Waals surface area contributed by atoms with Gasteiger partial charge in [-0.25, -0.2) is 0 Å². The van der Waals surface area contributed by atoms with Gasteiger partial charge in [-0.15, -0.1) is 0 Å². The van der Waals surface area contributed by atoms with Gasteiger partial charge in [-0.1, -0.05) is 66.2 Å². The van der Waals surface area contributed by atoms with Gasteiger partial charge in [-0.3, -0.25) is 0 Å². The summed E-state index contributed by atoms with van der Waals surface area (Å²) in [4.78, 5) is 0. The van der Waals surface area contributed by atoms with Crippen LogP contribution in [0.1, 0.15) is 66.2 Å². The Kier molecular flexibility index (Phi) is 6.51. The van der Waals surface area contributed by atoms with Crippen molar-refractivity contribution < 1.29 is 0 Å². The average molecular weight is 170 g/mol. The molecule has 1 rings (SSSR count). The first kappa shape index (κ1) is 12.0. The molecule has 1 fully saturated rings. The summed E-state index contributed by atoms with van der Waals surface area (Å²) < 4.78 is 0. The molecule has 0 bridgehead atoms. The van der Waals surface area contributed by atoms with Gasteiger partial charge < -0.3 is 0 Å². The van der Waals surface area contributed by atoms with Crippen molar-refractivity contribution >= 4 is 0 Å². The lowest BCUT2D eigenvalue weighted by atomic mass is 9.85. The molecule has 0 aromatic rings. The Bertz CT molecular complexity index is 96.2. The van der Waals surface area contributed by atoms with Crippen molar-refractivity contribution in [2.24, 2.45) is 11.8 Å². The van der Waals surface area contributed by atoms with E-state index >= 15 is 0 Å². The number of hydrogen-bond donors (Lipinski definition) is 0. The summed E-state index contributed by atoms with van der Waals surface area (Å²) in [5, 5.41) is 0. The van der Waals surface area contributed by atoms with Gasteiger partial charge in [0.15, 0.2) is 0 Å². The molecule has 0 nitrogen and oxygen atoms in total. The Morgan fingerprint density at radius 2 is 1.67 bits per heavy atom. The first-order valence-corrected chi connectivity index (χ1v) is 5.33. The van der Waals surface area contributed by atoms with Crippen LogP contribution in [0.5, 0.6) is 0 Å². The van der Waals surface area contributed by atoms with E-state index in [0.29, 0.717) is 0 Å². The van der Waals surface area contributed by atoms with Crippen LogP contribution in [-0.4, -0.2) is 0 Å². The van der Waals surface area contributed by atoms with Gasteiger partial charge in [0.25, 0.3) is 0 Å². The fraction of sp³-hybridized carbons (Fsp3) is 1.00. The van der Waals surface area contributed by atoms with Gasteiger partial charge in [0.1, 0.15) is 0 Å². The maximum absolute atomic E-state index is 2.41. The smallest absolute Gasteiger partial charge is 0.0417 e. The van der Waals surface area contributed by atoms with E-state index in [1.54, 1.807) is 0 Å². The summed E-state index contributed by atoms with van der Waals surface area (Å²) >= 11 is 0. The molecule has 1 aliphatic carbocycles. The first-order chi connectivity index (χ1) is 5.33. The standard InChI is InChI=1S/C11H22.CH4/c1-3-11-7-5-4-6-10(2)8-9-11;/h10-11H,3-9H2,1-2H3;1H4. The minimum absolute atomic E-state index is 0. The molecule has 0 heteroatoms. The van der Waals surface area contributed by atoms with Crippen LogP contribution in [0.25, 0.3) is 0 Å². The Labute approximate surface area is 78.8 Å². The highest BCUT2D eigenvalue weighted by Gasteiger charge is 2.12. The van der Waals surface area contributed by atoms with E-state index in [2.05, 4.69) is 13.8 Å².